The van der Waals surface area contributed by atoms with Gasteiger partial charge in [0.2, 0.25) is 0 Å². The number of pyridine rings is 1. The molecule has 0 radical (unpaired) electrons. The highest BCUT2D eigenvalue weighted by atomic mass is 16.4. The van der Waals surface area contributed by atoms with Gasteiger partial charge in [0.25, 0.3) is 0 Å². The van der Waals surface area contributed by atoms with Gasteiger partial charge in [-0.05, 0) is 25.3 Å². The van der Waals surface area contributed by atoms with E-state index in [1.807, 2.05) is 38.1 Å². The molecule has 2 rings (SSSR count). The third kappa shape index (κ3) is 2.66. The van der Waals surface area contributed by atoms with Crippen molar-refractivity contribution in [3.05, 3.63) is 36.0 Å². The van der Waals surface area contributed by atoms with Crippen molar-refractivity contribution in [1.29, 1.82) is 0 Å². The standard InChI is InChI=1S/C15H14N2O2/c1-4-15(2,3)17-13-11-8-6-5-7-10(11)9-12(16-13)14(18)19/h1,5-9H,2-3H3,(H,16,17)(H,18,19). The first kappa shape index (κ1) is 12.9. The maximum absolute atomic E-state index is 11.1. The fourth-order valence-corrected chi connectivity index (χ4v) is 1.74. The first-order chi connectivity index (χ1) is 8.93. The molecule has 0 aliphatic heterocycles. The summed E-state index contributed by atoms with van der Waals surface area (Å²) in [5.74, 6) is 2.03. The molecule has 0 bridgehead atoms. The Morgan fingerprint density at radius 3 is 2.74 bits per heavy atom. The van der Waals surface area contributed by atoms with Gasteiger partial charge in [-0.3, -0.25) is 0 Å². The lowest BCUT2D eigenvalue weighted by Crippen LogP contribution is -2.29. The summed E-state index contributed by atoms with van der Waals surface area (Å²) in [4.78, 5) is 15.2. The number of benzene rings is 1. The number of hydrogen-bond acceptors (Lipinski definition) is 3. The summed E-state index contributed by atoms with van der Waals surface area (Å²) < 4.78 is 0. The van der Waals surface area contributed by atoms with Crippen LogP contribution < -0.4 is 5.32 Å². The van der Waals surface area contributed by atoms with Crippen molar-refractivity contribution in [2.45, 2.75) is 19.4 Å². The molecule has 2 aromatic rings. The first-order valence-corrected chi connectivity index (χ1v) is 5.82. The monoisotopic (exact) mass is 254 g/mol. The summed E-state index contributed by atoms with van der Waals surface area (Å²) in [6.07, 6.45) is 5.44. The topological polar surface area (TPSA) is 62.2 Å². The molecule has 0 saturated heterocycles. The Morgan fingerprint density at radius 1 is 1.42 bits per heavy atom. The van der Waals surface area contributed by atoms with E-state index in [-0.39, 0.29) is 5.69 Å². The number of fused-ring (bicyclic) bond motifs is 1. The van der Waals surface area contributed by atoms with Crippen LogP contribution in [-0.2, 0) is 0 Å². The SMILES string of the molecule is C#CC(C)(C)Nc1nc(C(=O)O)cc2ccccc12. The molecule has 0 saturated carbocycles. The molecule has 4 heteroatoms. The van der Waals surface area contributed by atoms with Crippen molar-refractivity contribution in [2.75, 3.05) is 5.32 Å². The first-order valence-electron chi connectivity index (χ1n) is 5.82. The fourth-order valence-electron chi connectivity index (χ4n) is 1.74. The van der Waals surface area contributed by atoms with Gasteiger partial charge in [0.1, 0.15) is 5.82 Å². The Hall–Kier alpha value is -2.54. The predicted molar refractivity (Wildman–Crippen MR) is 75.2 cm³/mol. The van der Waals surface area contributed by atoms with Crippen molar-refractivity contribution in [3.63, 3.8) is 0 Å². The van der Waals surface area contributed by atoms with Crippen molar-refractivity contribution in [1.82, 2.24) is 4.98 Å². The van der Waals surface area contributed by atoms with Gasteiger partial charge in [0.15, 0.2) is 5.69 Å². The van der Waals surface area contributed by atoms with E-state index in [0.717, 1.165) is 10.8 Å². The third-order valence-corrected chi connectivity index (χ3v) is 2.75. The van der Waals surface area contributed by atoms with Gasteiger partial charge in [-0.25, -0.2) is 9.78 Å². The maximum Gasteiger partial charge on any atom is 0.354 e. The zero-order chi connectivity index (χ0) is 14.0. The van der Waals surface area contributed by atoms with Crippen molar-refractivity contribution in [2.24, 2.45) is 0 Å². The molecule has 4 nitrogen and oxygen atoms in total. The smallest absolute Gasteiger partial charge is 0.354 e. The van der Waals surface area contributed by atoms with E-state index in [4.69, 9.17) is 11.5 Å². The van der Waals surface area contributed by atoms with Gasteiger partial charge in [0.05, 0.1) is 5.54 Å². The lowest BCUT2D eigenvalue weighted by Gasteiger charge is -2.21. The fraction of sp³-hybridized carbons (Fsp3) is 0.200. The van der Waals surface area contributed by atoms with E-state index < -0.39 is 11.5 Å². The van der Waals surface area contributed by atoms with Crippen LogP contribution in [0.4, 0.5) is 5.82 Å². The Balaban J connectivity index is 2.64. The van der Waals surface area contributed by atoms with Gasteiger partial charge in [0, 0.05) is 5.39 Å². The number of nitrogens with one attached hydrogen (secondary N) is 1. The third-order valence-electron chi connectivity index (χ3n) is 2.75. The number of aromatic carboxylic acids is 1. The number of nitrogens with zero attached hydrogens (tertiary/aromatic N) is 1. The summed E-state index contributed by atoms with van der Waals surface area (Å²) in [6, 6.07) is 8.99. The van der Waals surface area contributed by atoms with Gasteiger partial charge in [-0.2, -0.15) is 0 Å². The van der Waals surface area contributed by atoms with Crippen molar-refractivity contribution in [3.8, 4) is 12.3 Å². The highest BCUT2D eigenvalue weighted by Gasteiger charge is 2.17. The highest BCUT2D eigenvalue weighted by Crippen LogP contribution is 2.25. The van der Waals surface area contributed by atoms with E-state index in [2.05, 4.69) is 16.2 Å². The Morgan fingerprint density at radius 2 is 2.11 bits per heavy atom. The number of hydrogen-bond donors (Lipinski definition) is 2. The summed E-state index contributed by atoms with van der Waals surface area (Å²) >= 11 is 0. The molecule has 0 atom stereocenters. The minimum atomic E-state index is -1.06. The van der Waals surface area contributed by atoms with Gasteiger partial charge < -0.3 is 10.4 Å². The average Bonchev–Trinajstić information content (AvgIpc) is 2.38. The second-order valence-corrected chi connectivity index (χ2v) is 4.78. The van der Waals surface area contributed by atoms with E-state index in [9.17, 15) is 4.79 Å². The van der Waals surface area contributed by atoms with Crippen LogP contribution in [0.2, 0.25) is 0 Å². The van der Waals surface area contributed by atoms with Gasteiger partial charge in [-0.1, -0.05) is 30.2 Å². The average molecular weight is 254 g/mol. The summed E-state index contributed by atoms with van der Waals surface area (Å²) in [5.41, 5.74) is -0.610. The van der Waals surface area contributed by atoms with Crippen LogP contribution in [-0.4, -0.2) is 21.6 Å². The van der Waals surface area contributed by atoms with Crippen LogP contribution in [0.5, 0.6) is 0 Å². The molecule has 0 fully saturated rings. The normalized spacial score (nSPS) is 11.0. The van der Waals surface area contributed by atoms with Gasteiger partial charge in [-0.15, -0.1) is 6.42 Å². The van der Waals surface area contributed by atoms with Crippen molar-refractivity contribution < 1.29 is 9.90 Å². The van der Waals surface area contributed by atoms with Crippen LogP contribution in [0.3, 0.4) is 0 Å². The predicted octanol–water partition coefficient (Wildman–Crippen LogP) is 2.76. The van der Waals surface area contributed by atoms with Crippen molar-refractivity contribution >= 4 is 22.6 Å². The van der Waals surface area contributed by atoms with Crippen LogP contribution in [0.25, 0.3) is 10.8 Å². The van der Waals surface area contributed by atoms with E-state index >= 15 is 0 Å². The molecule has 0 spiro atoms. The Bertz CT molecular complexity index is 684. The zero-order valence-corrected chi connectivity index (χ0v) is 10.8. The number of carboxylic acid groups (broad SMARTS) is 1. The molecule has 1 aromatic heterocycles. The zero-order valence-electron chi connectivity index (χ0n) is 10.8. The van der Waals surface area contributed by atoms with E-state index in [0.29, 0.717) is 5.82 Å². The summed E-state index contributed by atoms with van der Waals surface area (Å²) in [6.45, 7) is 3.66. The number of carboxylic acids is 1. The minimum Gasteiger partial charge on any atom is -0.477 e. The number of terminal acetylenes is 1. The quantitative estimate of drug-likeness (QED) is 0.827. The second-order valence-electron chi connectivity index (χ2n) is 4.78. The molecular weight excluding hydrogens is 240 g/mol. The van der Waals surface area contributed by atoms with Gasteiger partial charge >= 0.3 is 5.97 Å². The van der Waals surface area contributed by atoms with Crippen LogP contribution in [0.15, 0.2) is 30.3 Å². The van der Waals surface area contributed by atoms with E-state index in [1.54, 1.807) is 6.07 Å². The van der Waals surface area contributed by atoms with Crippen LogP contribution in [0, 0.1) is 12.3 Å². The minimum absolute atomic E-state index is 0.00554. The highest BCUT2D eigenvalue weighted by molar-refractivity contribution is 5.97. The molecule has 2 N–H and O–H groups in total. The molecule has 0 aliphatic rings. The Kier molecular flexibility index (Phi) is 3.14. The maximum atomic E-state index is 11.1. The largest absolute Gasteiger partial charge is 0.477 e. The number of anilines is 1. The molecule has 96 valence electrons. The number of carbonyl (C=O) groups is 1. The number of rotatable bonds is 3. The molecular formula is C15H14N2O2. The van der Waals surface area contributed by atoms with Crippen LogP contribution in [0.1, 0.15) is 24.3 Å². The number of aromatic nitrogens is 1. The lowest BCUT2D eigenvalue weighted by molar-refractivity contribution is 0.0691. The molecule has 19 heavy (non-hydrogen) atoms. The molecule has 0 unspecified atom stereocenters. The summed E-state index contributed by atoms with van der Waals surface area (Å²) in [5, 5.41) is 13.8. The molecule has 0 amide bonds. The second kappa shape index (κ2) is 4.62. The summed E-state index contributed by atoms with van der Waals surface area (Å²) in [7, 11) is 0. The molecule has 1 heterocycles. The van der Waals surface area contributed by atoms with E-state index in [1.165, 1.54) is 0 Å². The molecule has 0 aliphatic carbocycles. The van der Waals surface area contributed by atoms with Crippen LogP contribution >= 0.6 is 0 Å². The Labute approximate surface area is 111 Å². The lowest BCUT2D eigenvalue weighted by atomic mass is 10.1. The molecule has 1 aromatic carbocycles.